The Morgan fingerprint density at radius 2 is 2.08 bits per heavy atom. The summed E-state index contributed by atoms with van der Waals surface area (Å²) in [4.78, 5) is 19.1. The summed E-state index contributed by atoms with van der Waals surface area (Å²) in [5.41, 5.74) is 1.42. The SMILES string of the molecule is Cc1c(C(=O)NCCCN2CCCCC2)cnn1-c1ccccn1. The number of piperidine rings is 1. The molecule has 1 aliphatic rings. The molecule has 0 bridgehead atoms. The molecule has 2 aromatic heterocycles. The number of rotatable bonds is 6. The van der Waals surface area contributed by atoms with Crippen molar-refractivity contribution in [2.24, 2.45) is 0 Å². The van der Waals surface area contributed by atoms with Crippen LogP contribution in [0.1, 0.15) is 41.7 Å². The van der Waals surface area contributed by atoms with Crippen LogP contribution >= 0.6 is 0 Å². The number of nitrogens with one attached hydrogen (secondary N) is 1. The first-order valence-corrected chi connectivity index (χ1v) is 8.72. The lowest BCUT2D eigenvalue weighted by Gasteiger charge is -2.26. The van der Waals surface area contributed by atoms with E-state index in [9.17, 15) is 4.79 Å². The fraction of sp³-hybridized carbons (Fsp3) is 0.500. The Labute approximate surface area is 142 Å². The lowest BCUT2D eigenvalue weighted by atomic mass is 10.1. The maximum absolute atomic E-state index is 12.4. The molecule has 0 radical (unpaired) electrons. The van der Waals surface area contributed by atoms with Crippen LogP contribution in [0.4, 0.5) is 0 Å². The van der Waals surface area contributed by atoms with E-state index in [2.05, 4.69) is 20.3 Å². The third-order valence-electron chi connectivity index (χ3n) is 4.51. The van der Waals surface area contributed by atoms with Gasteiger partial charge in [0.25, 0.3) is 5.91 Å². The van der Waals surface area contributed by atoms with Crippen LogP contribution in [-0.4, -0.2) is 51.8 Å². The molecule has 0 spiro atoms. The monoisotopic (exact) mass is 327 g/mol. The standard InChI is InChI=1S/C18H25N5O/c1-15-16(14-21-23(15)17-8-3-4-9-19-17)18(24)20-10-7-13-22-11-5-2-6-12-22/h3-4,8-9,14H,2,5-7,10-13H2,1H3,(H,20,24). The van der Waals surface area contributed by atoms with Gasteiger partial charge in [-0.25, -0.2) is 9.67 Å². The average molecular weight is 327 g/mol. The topological polar surface area (TPSA) is 63.1 Å². The first kappa shape index (κ1) is 16.6. The average Bonchev–Trinajstić information content (AvgIpc) is 3.02. The zero-order chi connectivity index (χ0) is 16.8. The van der Waals surface area contributed by atoms with E-state index in [1.54, 1.807) is 17.1 Å². The van der Waals surface area contributed by atoms with Crippen LogP contribution in [0.15, 0.2) is 30.6 Å². The molecule has 0 aliphatic carbocycles. The lowest BCUT2D eigenvalue weighted by Crippen LogP contribution is -2.33. The second-order valence-electron chi connectivity index (χ2n) is 6.26. The number of amides is 1. The maximum atomic E-state index is 12.4. The molecular weight excluding hydrogens is 302 g/mol. The van der Waals surface area contributed by atoms with Crippen molar-refractivity contribution in [1.82, 2.24) is 25.0 Å². The van der Waals surface area contributed by atoms with Gasteiger partial charge in [-0.2, -0.15) is 5.10 Å². The number of hydrogen-bond acceptors (Lipinski definition) is 4. The van der Waals surface area contributed by atoms with Gasteiger partial charge in [0.15, 0.2) is 5.82 Å². The highest BCUT2D eigenvalue weighted by Crippen LogP contribution is 2.12. The van der Waals surface area contributed by atoms with E-state index in [1.165, 1.54) is 32.4 Å². The minimum Gasteiger partial charge on any atom is -0.352 e. The summed E-state index contributed by atoms with van der Waals surface area (Å²) in [6.07, 6.45) is 8.28. The molecule has 1 aliphatic heterocycles. The molecule has 3 heterocycles. The minimum atomic E-state index is -0.0617. The first-order chi connectivity index (χ1) is 11.8. The van der Waals surface area contributed by atoms with E-state index in [0.717, 1.165) is 24.5 Å². The molecule has 1 amide bonds. The zero-order valence-corrected chi connectivity index (χ0v) is 14.2. The van der Waals surface area contributed by atoms with E-state index in [-0.39, 0.29) is 5.91 Å². The number of pyridine rings is 1. The number of hydrogen-bond donors (Lipinski definition) is 1. The van der Waals surface area contributed by atoms with E-state index in [0.29, 0.717) is 12.1 Å². The van der Waals surface area contributed by atoms with Crippen LogP contribution in [0.2, 0.25) is 0 Å². The quantitative estimate of drug-likeness (QED) is 0.826. The van der Waals surface area contributed by atoms with Gasteiger partial charge in [0.2, 0.25) is 0 Å². The lowest BCUT2D eigenvalue weighted by molar-refractivity contribution is 0.0950. The van der Waals surface area contributed by atoms with Gasteiger partial charge in [-0.3, -0.25) is 4.79 Å². The van der Waals surface area contributed by atoms with Gasteiger partial charge in [-0.1, -0.05) is 12.5 Å². The largest absolute Gasteiger partial charge is 0.352 e. The molecule has 0 saturated carbocycles. The second kappa shape index (κ2) is 8.06. The summed E-state index contributed by atoms with van der Waals surface area (Å²) in [6.45, 7) is 6.05. The Morgan fingerprint density at radius 1 is 1.25 bits per heavy atom. The van der Waals surface area contributed by atoms with E-state index in [4.69, 9.17) is 0 Å². The number of aromatic nitrogens is 3. The van der Waals surface area contributed by atoms with E-state index in [1.807, 2.05) is 25.1 Å². The van der Waals surface area contributed by atoms with E-state index >= 15 is 0 Å². The number of likely N-dealkylation sites (tertiary alicyclic amines) is 1. The third-order valence-corrected chi connectivity index (χ3v) is 4.51. The van der Waals surface area contributed by atoms with Crippen LogP contribution in [0.25, 0.3) is 5.82 Å². The van der Waals surface area contributed by atoms with Gasteiger partial charge in [0.1, 0.15) is 0 Å². The summed E-state index contributed by atoms with van der Waals surface area (Å²) < 4.78 is 1.70. The molecule has 1 saturated heterocycles. The van der Waals surface area contributed by atoms with Gasteiger partial charge in [0.05, 0.1) is 17.5 Å². The molecule has 128 valence electrons. The van der Waals surface area contributed by atoms with Crippen LogP contribution in [-0.2, 0) is 0 Å². The number of nitrogens with zero attached hydrogens (tertiary/aromatic N) is 4. The minimum absolute atomic E-state index is 0.0617. The molecule has 2 aromatic rings. The summed E-state index contributed by atoms with van der Waals surface area (Å²) >= 11 is 0. The van der Waals surface area contributed by atoms with Crippen LogP contribution in [0.3, 0.4) is 0 Å². The molecular formula is C18H25N5O. The second-order valence-corrected chi connectivity index (χ2v) is 6.26. The van der Waals surface area contributed by atoms with Crippen molar-refractivity contribution in [2.45, 2.75) is 32.6 Å². The van der Waals surface area contributed by atoms with Crippen molar-refractivity contribution in [3.8, 4) is 5.82 Å². The molecule has 0 atom stereocenters. The maximum Gasteiger partial charge on any atom is 0.254 e. The molecule has 3 rings (SSSR count). The van der Waals surface area contributed by atoms with Gasteiger partial charge in [0, 0.05) is 12.7 Å². The number of carbonyl (C=O) groups is 1. The molecule has 1 fully saturated rings. The fourth-order valence-electron chi connectivity index (χ4n) is 3.13. The van der Waals surface area contributed by atoms with Crippen LogP contribution < -0.4 is 5.32 Å². The fourth-order valence-corrected chi connectivity index (χ4v) is 3.13. The molecule has 1 N–H and O–H groups in total. The zero-order valence-electron chi connectivity index (χ0n) is 14.2. The van der Waals surface area contributed by atoms with Crippen molar-refractivity contribution >= 4 is 5.91 Å². The highest BCUT2D eigenvalue weighted by atomic mass is 16.1. The molecule has 0 aromatic carbocycles. The predicted octanol–water partition coefficient (Wildman–Crippen LogP) is 2.18. The Balaban J connectivity index is 1.51. The smallest absolute Gasteiger partial charge is 0.254 e. The Bertz CT molecular complexity index is 661. The Kier molecular flexibility index (Phi) is 5.59. The van der Waals surface area contributed by atoms with Crippen molar-refractivity contribution < 1.29 is 4.79 Å². The summed E-state index contributed by atoms with van der Waals surface area (Å²) in [7, 11) is 0. The number of carbonyl (C=O) groups excluding carboxylic acids is 1. The van der Waals surface area contributed by atoms with Gasteiger partial charge < -0.3 is 10.2 Å². The summed E-state index contributed by atoms with van der Waals surface area (Å²) in [5.74, 6) is 0.660. The molecule has 6 heteroatoms. The summed E-state index contributed by atoms with van der Waals surface area (Å²) in [5, 5.41) is 7.30. The van der Waals surface area contributed by atoms with Crippen molar-refractivity contribution in [2.75, 3.05) is 26.2 Å². The van der Waals surface area contributed by atoms with Gasteiger partial charge in [-0.15, -0.1) is 0 Å². The molecule has 0 unspecified atom stereocenters. The van der Waals surface area contributed by atoms with Gasteiger partial charge in [-0.05, 0) is 58.0 Å². The van der Waals surface area contributed by atoms with Gasteiger partial charge >= 0.3 is 0 Å². The van der Waals surface area contributed by atoms with Crippen LogP contribution in [0.5, 0.6) is 0 Å². The Morgan fingerprint density at radius 3 is 2.83 bits per heavy atom. The summed E-state index contributed by atoms with van der Waals surface area (Å²) in [6, 6.07) is 5.64. The third kappa shape index (κ3) is 4.00. The normalized spacial score (nSPS) is 15.4. The van der Waals surface area contributed by atoms with Crippen molar-refractivity contribution in [1.29, 1.82) is 0 Å². The van der Waals surface area contributed by atoms with E-state index < -0.39 is 0 Å². The predicted molar refractivity (Wildman–Crippen MR) is 93.3 cm³/mol. The first-order valence-electron chi connectivity index (χ1n) is 8.72. The van der Waals surface area contributed by atoms with Crippen molar-refractivity contribution in [3.63, 3.8) is 0 Å². The highest BCUT2D eigenvalue weighted by Gasteiger charge is 2.15. The highest BCUT2D eigenvalue weighted by molar-refractivity contribution is 5.95. The molecule has 24 heavy (non-hydrogen) atoms. The van der Waals surface area contributed by atoms with Crippen molar-refractivity contribution in [3.05, 3.63) is 41.9 Å². The molecule has 6 nitrogen and oxygen atoms in total. The van der Waals surface area contributed by atoms with Crippen LogP contribution in [0, 0.1) is 6.92 Å². The Hall–Kier alpha value is -2.21.